The number of nitrogens with one attached hydrogen (secondary N) is 1. The molecule has 1 N–H and O–H groups in total. The van der Waals surface area contributed by atoms with Crippen molar-refractivity contribution >= 4 is 16.2 Å². The summed E-state index contributed by atoms with van der Waals surface area (Å²) < 4.78 is 32.1. The molecule has 7 heteroatoms. The number of alkyl carbamates (subject to hydrolysis) is 1. The van der Waals surface area contributed by atoms with Crippen molar-refractivity contribution in [2.45, 2.75) is 38.0 Å². The zero-order valence-electron chi connectivity index (χ0n) is 11.8. The molecule has 1 fully saturated rings. The fraction of sp³-hybridized carbons (Fsp3) is 0.500. The molecule has 0 aromatic heterocycles. The number of ether oxygens (including phenoxy) is 1. The summed E-state index contributed by atoms with van der Waals surface area (Å²) in [6.45, 7) is 0.211. The van der Waals surface area contributed by atoms with Crippen molar-refractivity contribution in [3.05, 3.63) is 35.9 Å². The molecule has 2 rings (SSSR count). The van der Waals surface area contributed by atoms with E-state index in [9.17, 15) is 13.2 Å². The van der Waals surface area contributed by atoms with Gasteiger partial charge in [0.15, 0.2) is 0 Å². The number of hydrogen-bond acceptors (Lipinski definition) is 5. The summed E-state index contributed by atoms with van der Waals surface area (Å²) in [5.74, 6) is 0. The maximum absolute atomic E-state index is 11.7. The minimum absolute atomic E-state index is 0.111. The topological polar surface area (TPSA) is 81.7 Å². The minimum Gasteiger partial charge on any atom is -0.445 e. The molecule has 116 valence electrons. The molecule has 6 nitrogen and oxygen atoms in total. The second-order valence-corrected chi connectivity index (χ2v) is 6.74. The Morgan fingerprint density at radius 1 is 1.29 bits per heavy atom. The molecule has 1 amide bonds. The van der Waals surface area contributed by atoms with Crippen LogP contribution in [0.2, 0.25) is 0 Å². The lowest BCUT2D eigenvalue weighted by Gasteiger charge is -2.13. The van der Waals surface area contributed by atoms with Gasteiger partial charge in [0.1, 0.15) is 6.61 Å². The van der Waals surface area contributed by atoms with E-state index in [1.165, 1.54) is 0 Å². The highest BCUT2D eigenvalue weighted by Crippen LogP contribution is 2.23. The molecule has 0 unspecified atom stereocenters. The minimum atomic E-state index is -3.45. The van der Waals surface area contributed by atoms with E-state index >= 15 is 0 Å². The fourth-order valence-corrected chi connectivity index (χ4v) is 3.01. The Labute approximate surface area is 124 Å². The van der Waals surface area contributed by atoms with Gasteiger partial charge in [0.2, 0.25) is 0 Å². The first kappa shape index (κ1) is 15.8. The van der Waals surface area contributed by atoms with Crippen LogP contribution in [0.1, 0.15) is 24.8 Å². The van der Waals surface area contributed by atoms with Crippen molar-refractivity contribution in [3.8, 4) is 0 Å². The van der Waals surface area contributed by atoms with Gasteiger partial charge in [-0.25, -0.2) is 4.79 Å². The molecule has 0 spiro atoms. The van der Waals surface area contributed by atoms with E-state index in [0.717, 1.165) is 11.8 Å². The van der Waals surface area contributed by atoms with Gasteiger partial charge in [-0.3, -0.25) is 4.18 Å². The predicted molar refractivity (Wildman–Crippen MR) is 77.1 cm³/mol. The van der Waals surface area contributed by atoms with Gasteiger partial charge in [-0.05, 0) is 24.8 Å². The third-order valence-electron chi connectivity index (χ3n) is 3.23. The Morgan fingerprint density at radius 3 is 2.67 bits per heavy atom. The zero-order chi connectivity index (χ0) is 15.3. The number of carbonyl (C=O) groups is 1. The molecule has 1 aliphatic rings. The quantitative estimate of drug-likeness (QED) is 0.838. The molecule has 1 aromatic rings. The van der Waals surface area contributed by atoms with Gasteiger partial charge in [0.25, 0.3) is 10.1 Å². The zero-order valence-corrected chi connectivity index (χ0v) is 12.6. The number of carbonyl (C=O) groups excluding carboxylic acids is 1. The van der Waals surface area contributed by atoms with Crippen molar-refractivity contribution in [2.24, 2.45) is 0 Å². The van der Waals surface area contributed by atoms with Gasteiger partial charge < -0.3 is 10.1 Å². The van der Waals surface area contributed by atoms with Gasteiger partial charge in [0, 0.05) is 6.04 Å². The average Bonchev–Trinajstić information content (AvgIpc) is 2.82. The third kappa shape index (κ3) is 5.73. The summed E-state index contributed by atoms with van der Waals surface area (Å²) >= 11 is 0. The number of amides is 1. The molecular weight excluding hydrogens is 294 g/mol. The van der Waals surface area contributed by atoms with Gasteiger partial charge in [0.05, 0.1) is 12.4 Å². The van der Waals surface area contributed by atoms with Crippen LogP contribution in [0.3, 0.4) is 0 Å². The summed E-state index contributed by atoms with van der Waals surface area (Å²) in [5, 5.41) is 2.73. The lowest BCUT2D eigenvalue weighted by atomic mass is 10.2. The molecule has 0 saturated heterocycles. The molecule has 0 radical (unpaired) electrons. The van der Waals surface area contributed by atoms with Crippen LogP contribution in [0.25, 0.3) is 0 Å². The van der Waals surface area contributed by atoms with E-state index in [0.29, 0.717) is 19.3 Å². The Balaban J connectivity index is 1.72. The molecule has 0 heterocycles. The van der Waals surface area contributed by atoms with Crippen molar-refractivity contribution < 1.29 is 22.1 Å². The van der Waals surface area contributed by atoms with E-state index in [1.807, 2.05) is 30.3 Å². The van der Waals surface area contributed by atoms with Crippen LogP contribution >= 0.6 is 0 Å². The van der Waals surface area contributed by atoms with Crippen LogP contribution in [-0.2, 0) is 25.6 Å². The van der Waals surface area contributed by atoms with E-state index in [2.05, 4.69) is 5.32 Å². The predicted octanol–water partition coefficient (Wildman–Crippen LogP) is 1.81. The molecule has 1 aromatic carbocycles. The standard InChI is InChI=1S/C14H19NO5S/c1-21(17,18)20-13-8-7-12(9-13)15-14(16)19-10-11-5-3-2-4-6-11/h2-6,12-13H,7-10H2,1H3,(H,15,16)/t12-,13-/m1/s1. The summed E-state index contributed by atoms with van der Waals surface area (Å²) in [6.07, 6.45) is 1.94. The summed E-state index contributed by atoms with van der Waals surface area (Å²) in [5.41, 5.74) is 0.914. The highest BCUT2D eigenvalue weighted by molar-refractivity contribution is 7.86. The molecule has 0 aliphatic heterocycles. The Hall–Kier alpha value is -1.60. The first-order chi connectivity index (χ1) is 9.92. The maximum Gasteiger partial charge on any atom is 0.407 e. The number of rotatable bonds is 5. The van der Waals surface area contributed by atoms with Crippen molar-refractivity contribution in [1.82, 2.24) is 5.32 Å². The van der Waals surface area contributed by atoms with E-state index in [-0.39, 0.29) is 18.8 Å². The van der Waals surface area contributed by atoms with Crippen molar-refractivity contribution in [2.75, 3.05) is 6.26 Å². The van der Waals surface area contributed by atoms with Crippen LogP contribution < -0.4 is 5.32 Å². The highest BCUT2D eigenvalue weighted by atomic mass is 32.2. The Morgan fingerprint density at radius 2 is 2.00 bits per heavy atom. The molecule has 1 saturated carbocycles. The average molecular weight is 313 g/mol. The summed E-state index contributed by atoms with van der Waals surface area (Å²) in [7, 11) is -3.45. The molecular formula is C14H19NO5S. The van der Waals surface area contributed by atoms with Gasteiger partial charge in [-0.1, -0.05) is 30.3 Å². The van der Waals surface area contributed by atoms with Gasteiger partial charge >= 0.3 is 6.09 Å². The lowest BCUT2D eigenvalue weighted by molar-refractivity contribution is 0.135. The summed E-state index contributed by atoms with van der Waals surface area (Å²) in [6, 6.07) is 9.28. The number of hydrogen-bond donors (Lipinski definition) is 1. The van der Waals surface area contributed by atoms with Crippen molar-refractivity contribution in [3.63, 3.8) is 0 Å². The second kappa shape index (κ2) is 6.91. The van der Waals surface area contributed by atoms with Crippen LogP contribution in [0.5, 0.6) is 0 Å². The SMILES string of the molecule is CS(=O)(=O)O[C@@H]1CC[C@@H](NC(=O)OCc2ccccc2)C1. The van der Waals surface area contributed by atoms with E-state index in [1.54, 1.807) is 0 Å². The highest BCUT2D eigenvalue weighted by Gasteiger charge is 2.29. The first-order valence-corrected chi connectivity index (χ1v) is 8.59. The van der Waals surface area contributed by atoms with E-state index < -0.39 is 16.2 Å². The lowest BCUT2D eigenvalue weighted by Crippen LogP contribution is -2.34. The van der Waals surface area contributed by atoms with Crippen LogP contribution in [-0.4, -0.2) is 32.9 Å². The fourth-order valence-electron chi connectivity index (χ4n) is 2.34. The monoisotopic (exact) mass is 313 g/mol. The van der Waals surface area contributed by atoms with Crippen LogP contribution in [0.15, 0.2) is 30.3 Å². The van der Waals surface area contributed by atoms with Crippen molar-refractivity contribution in [1.29, 1.82) is 0 Å². The Bertz CT molecular complexity index is 572. The normalized spacial score (nSPS) is 22.0. The largest absolute Gasteiger partial charge is 0.445 e. The van der Waals surface area contributed by atoms with E-state index in [4.69, 9.17) is 8.92 Å². The van der Waals surface area contributed by atoms with Gasteiger partial charge in [-0.2, -0.15) is 8.42 Å². The Kier molecular flexibility index (Phi) is 5.19. The smallest absolute Gasteiger partial charge is 0.407 e. The van der Waals surface area contributed by atoms with Crippen LogP contribution in [0.4, 0.5) is 4.79 Å². The van der Waals surface area contributed by atoms with Gasteiger partial charge in [-0.15, -0.1) is 0 Å². The molecule has 21 heavy (non-hydrogen) atoms. The molecule has 1 aliphatic carbocycles. The summed E-state index contributed by atoms with van der Waals surface area (Å²) in [4.78, 5) is 11.7. The maximum atomic E-state index is 11.7. The van der Waals surface area contributed by atoms with Crippen LogP contribution in [0, 0.1) is 0 Å². The number of benzene rings is 1. The molecule has 2 atom stereocenters. The first-order valence-electron chi connectivity index (χ1n) is 6.78. The second-order valence-electron chi connectivity index (χ2n) is 5.14. The third-order valence-corrected chi connectivity index (χ3v) is 3.85. The molecule has 0 bridgehead atoms.